The van der Waals surface area contributed by atoms with Gasteiger partial charge in [0, 0.05) is 4.90 Å². The Morgan fingerprint density at radius 1 is 1.31 bits per heavy atom. The van der Waals surface area contributed by atoms with Crippen molar-refractivity contribution in [2.75, 3.05) is 6.54 Å². The molecule has 84 valence electrons. The first kappa shape index (κ1) is 12.0. The van der Waals surface area contributed by atoms with Crippen LogP contribution in [0.5, 0.6) is 0 Å². The van der Waals surface area contributed by atoms with Crippen molar-refractivity contribution in [3.8, 4) is 0 Å². The molecule has 1 aromatic heterocycles. The van der Waals surface area contributed by atoms with E-state index in [1.165, 1.54) is 9.77 Å². The molecule has 16 heavy (non-hydrogen) atoms. The number of hydrogen-bond donors (Lipinski definition) is 1. The minimum absolute atomic E-state index is 0.660. The second-order valence-corrected chi connectivity index (χ2v) is 6.03. The Hall–Kier alpha value is -0.480. The van der Waals surface area contributed by atoms with E-state index in [1.54, 1.807) is 23.1 Å². The van der Waals surface area contributed by atoms with Gasteiger partial charge >= 0.3 is 0 Å². The van der Waals surface area contributed by atoms with Crippen molar-refractivity contribution in [3.05, 3.63) is 46.3 Å². The first-order valence-corrected chi connectivity index (χ1v) is 7.07. The minimum atomic E-state index is 0.660. The lowest BCUT2D eigenvalue weighted by atomic mass is 10.1. The van der Waals surface area contributed by atoms with E-state index >= 15 is 0 Å². The zero-order valence-electron chi connectivity index (χ0n) is 8.65. The maximum Gasteiger partial charge on any atom is 0.0646 e. The maximum atomic E-state index is 6.23. The van der Waals surface area contributed by atoms with Gasteiger partial charge in [-0.15, -0.1) is 11.3 Å². The molecule has 0 spiro atoms. The lowest BCUT2D eigenvalue weighted by molar-refractivity contribution is 0.966. The number of benzene rings is 1. The minimum Gasteiger partial charge on any atom is -0.330 e. The van der Waals surface area contributed by atoms with E-state index in [2.05, 4.69) is 23.6 Å². The van der Waals surface area contributed by atoms with Crippen molar-refractivity contribution < 1.29 is 0 Å². The highest BCUT2D eigenvalue weighted by molar-refractivity contribution is 8.01. The summed E-state index contributed by atoms with van der Waals surface area (Å²) in [5, 5.41) is 2.88. The molecule has 0 saturated carbocycles. The molecule has 0 aliphatic heterocycles. The van der Waals surface area contributed by atoms with Gasteiger partial charge < -0.3 is 5.73 Å². The third kappa shape index (κ3) is 3.01. The van der Waals surface area contributed by atoms with Gasteiger partial charge in [-0.2, -0.15) is 0 Å². The molecule has 0 saturated heterocycles. The van der Waals surface area contributed by atoms with Crippen LogP contribution in [0.15, 0.2) is 44.8 Å². The molecule has 1 aromatic carbocycles. The molecule has 0 unspecified atom stereocenters. The molecule has 2 N–H and O–H groups in total. The molecule has 2 rings (SSSR count). The summed E-state index contributed by atoms with van der Waals surface area (Å²) >= 11 is 9.65. The van der Waals surface area contributed by atoms with Gasteiger partial charge in [0.2, 0.25) is 0 Å². The van der Waals surface area contributed by atoms with Crippen LogP contribution in [0.25, 0.3) is 0 Å². The van der Waals surface area contributed by atoms with E-state index in [4.69, 9.17) is 17.3 Å². The van der Waals surface area contributed by atoms with E-state index in [0.29, 0.717) is 6.54 Å². The van der Waals surface area contributed by atoms with Crippen molar-refractivity contribution in [1.82, 2.24) is 0 Å². The van der Waals surface area contributed by atoms with Gasteiger partial charge in [-0.25, -0.2) is 0 Å². The number of nitrogens with two attached hydrogens (primary N) is 1. The number of rotatable bonds is 4. The zero-order valence-corrected chi connectivity index (χ0v) is 11.0. The second-order valence-electron chi connectivity index (χ2n) is 3.34. The van der Waals surface area contributed by atoms with Crippen LogP contribution in [0.1, 0.15) is 5.56 Å². The fraction of sp³-hybridized carbons (Fsp3) is 0.167. The molecule has 1 nitrogen and oxygen atoms in total. The van der Waals surface area contributed by atoms with E-state index < -0.39 is 0 Å². The standard InChI is InChI=1S/C12H12ClNS2/c13-10-8-9(5-6-14)3-4-11(10)16-12-2-1-7-15-12/h1-4,7-8H,5-6,14H2. The summed E-state index contributed by atoms with van der Waals surface area (Å²) in [6.07, 6.45) is 0.879. The van der Waals surface area contributed by atoms with Gasteiger partial charge in [0.1, 0.15) is 0 Å². The molecule has 0 fully saturated rings. The Morgan fingerprint density at radius 2 is 2.19 bits per heavy atom. The number of hydrogen-bond acceptors (Lipinski definition) is 3. The van der Waals surface area contributed by atoms with Crippen LogP contribution in [0.3, 0.4) is 0 Å². The molecule has 0 bridgehead atoms. The normalized spacial score (nSPS) is 10.6. The first-order chi connectivity index (χ1) is 7.79. The van der Waals surface area contributed by atoms with Crippen LogP contribution in [0, 0.1) is 0 Å². The second kappa shape index (κ2) is 5.73. The zero-order chi connectivity index (χ0) is 11.4. The van der Waals surface area contributed by atoms with E-state index in [9.17, 15) is 0 Å². The smallest absolute Gasteiger partial charge is 0.0646 e. The van der Waals surface area contributed by atoms with E-state index in [1.807, 2.05) is 12.1 Å². The van der Waals surface area contributed by atoms with E-state index in [-0.39, 0.29) is 0 Å². The Balaban J connectivity index is 2.16. The van der Waals surface area contributed by atoms with Gasteiger partial charge in [0.15, 0.2) is 0 Å². The molecule has 1 heterocycles. The highest BCUT2D eigenvalue weighted by atomic mass is 35.5. The van der Waals surface area contributed by atoms with Gasteiger partial charge in [-0.1, -0.05) is 35.5 Å². The Morgan fingerprint density at radius 3 is 2.81 bits per heavy atom. The summed E-state index contributed by atoms with van der Waals surface area (Å²) in [7, 11) is 0. The molecule has 4 heteroatoms. The fourth-order valence-corrected chi connectivity index (χ4v) is 3.43. The molecular weight excluding hydrogens is 258 g/mol. The first-order valence-electron chi connectivity index (χ1n) is 4.99. The number of thiophene rings is 1. The van der Waals surface area contributed by atoms with Crippen molar-refractivity contribution in [3.63, 3.8) is 0 Å². The average Bonchev–Trinajstić information content (AvgIpc) is 2.75. The molecule has 0 radical (unpaired) electrons. The van der Waals surface area contributed by atoms with Crippen LogP contribution < -0.4 is 5.73 Å². The predicted octanol–water partition coefficient (Wildman–Crippen LogP) is 4.05. The van der Waals surface area contributed by atoms with Crippen molar-refractivity contribution >= 4 is 34.7 Å². The number of halogens is 1. The van der Waals surface area contributed by atoms with Crippen LogP contribution in [0.4, 0.5) is 0 Å². The SMILES string of the molecule is NCCc1ccc(Sc2cccs2)c(Cl)c1. The van der Waals surface area contributed by atoms with Gasteiger partial charge in [0.25, 0.3) is 0 Å². The topological polar surface area (TPSA) is 26.0 Å². The van der Waals surface area contributed by atoms with Gasteiger partial charge in [0.05, 0.1) is 9.23 Å². The third-order valence-corrected chi connectivity index (χ3v) is 4.67. The Bertz CT molecular complexity index is 454. The lowest BCUT2D eigenvalue weighted by Crippen LogP contribution is -2.02. The summed E-state index contributed by atoms with van der Waals surface area (Å²) in [5.74, 6) is 0. The van der Waals surface area contributed by atoms with Crippen LogP contribution in [-0.4, -0.2) is 6.54 Å². The summed E-state index contributed by atoms with van der Waals surface area (Å²) in [6, 6.07) is 10.3. The summed E-state index contributed by atoms with van der Waals surface area (Å²) < 4.78 is 1.26. The van der Waals surface area contributed by atoms with Crippen LogP contribution >= 0.6 is 34.7 Å². The monoisotopic (exact) mass is 269 g/mol. The van der Waals surface area contributed by atoms with Gasteiger partial charge in [-0.05, 0) is 42.1 Å². The Labute approximate surface area is 109 Å². The Kier molecular flexibility index (Phi) is 4.29. The lowest BCUT2D eigenvalue weighted by Gasteiger charge is -2.05. The highest BCUT2D eigenvalue weighted by Crippen LogP contribution is 2.36. The maximum absolute atomic E-state index is 6.23. The van der Waals surface area contributed by atoms with Crippen molar-refractivity contribution in [2.45, 2.75) is 15.5 Å². The molecular formula is C12H12ClNS2. The molecule has 0 aliphatic carbocycles. The molecule has 0 amide bonds. The molecule has 0 aliphatic rings. The summed E-state index contributed by atoms with van der Waals surface area (Å²) in [4.78, 5) is 1.10. The van der Waals surface area contributed by atoms with Crippen LogP contribution in [-0.2, 0) is 6.42 Å². The van der Waals surface area contributed by atoms with Gasteiger partial charge in [-0.3, -0.25) is 0 Å². The summed E-state index contributed by atoms with van der Waals surface area (Å²) in [6.45, 7) is 0.660. The van der Waals surface area contributed by atoms with Crippen molar-refractivity contribution in [1.29, 1.82) is 0 Å². The van der Waals surface area contributed by atoms with Crippen LogP contribution in [0.2, 0.25) is 5.02 Å². The quantitative estimate of drug-likeness (QED) is 0.906. The molecule has 0 atom stereocenters. The highest BCUT2D eigenvalue weighted by Gasteiger charge is 2.04. The van der Waals surface area contributed by atoms with E-state index in [0.717, 1.165) is 16.3 Å². The molecule has 2 aromatic rings. The summed E-state index contributed by atoms with van der Waals surface area (Å²) in [5.41, 5.74) is 6.71. The fourth-order valence-electron chi connectivity index (χ4n) is 1.38. The third-order valence-electron chi connectivity index (χ3n) is 2.13. The predicted molar refractivity (Wildman–Crippen MR) is 72.7 cm³/mol. The average molecular weight is 270 g/mol. The van der Waals surface area contributed by atoms with Crippen molar-refractivity contribution in [2.24, 2.45) is 5.73 Å². The largest absolute Gasteiger partial charge is 0.330 e.